The molecule has 0 aliphatic carbocycles. The summed E-state index contributed by atoms with van der Waals surface area (Å²) in [5.41, 5.74) is 5.98. The summed E-state index contributed by atoms with van der Waals surface area (Å²) in [7, 11) is 1.76. The van der Waals surface area contributed by atoms with Gasteiger partial charge in [0, 0.05) is 32.0 Å². The molecule has 0 aromatic carbocycles. The zero-order valence-corrected chi connectivity index (χ0v) is 10.9. The van der Waals surface area contributed by atoms with Crippen LogP contribution >= 0.6 is 0 Å². The smallest absolute Gasteiger partial charge is 0.128 e. The number of nitrogens with zero attached hydrogens (tertiary/aromatic N) is 2. The zero-order chi connectivity index (χ0) is 13.2. The Hall–Kier alpha value is -1.62. The number of amidine groups is 1. The topological polar surface area (TPSA) is 75.2 Å². The summed E-state index contributed by atoms with van der Waals surface area (Å²) in [5.74, 6) is 0.970. The minimum absolute atomic E-state index is 0.0504. The van der Waals surface area contributed by atoms with Gasteiger partial charge in [0.15, 0.2) is 0 Å². The first kappa shape index (κ1) is 12.8. The van der Waals surface area contributed by atoms with Crippen molar-refractivity contribution in [3.8, 4) is 0 Å². The maximum Gasteiger partial charge on any atom is 0.128 e. The number of aromatic nitrogens is 1. The second-order valence-electron chi connectivity index (χ2n) is 5.00. The first-order chi connectivity index (χ1) is 8.54. The molecule has 98 valence electrons. The molecule has 0 bridgehead atoms. The molecule has 2 heterocycles. The molecule has 0 amide bonds. The van der Waals surface area contributed by atoms with E-state index in [0.717, 1.165) is 31.7 Å². The standard InChI is InChI=1S/C13H20N4O/c1-13(18-2)6-3-7-17(9-13)11-5-4-10(8-16-11)12(14)15/h4-5,8H,3,6-7,9H2,1-2H3,(H3,14,15). The number of hydrogen-bond donors (Lipinski definition) is 2. The van der Waals surface area contributed by atoms with Crippen molar-refractivity contribution in [2.24, 2.45) is 5.73 Å². The van der Waals surface area contributed by atoms with Gasteiger partial charge in [0.1, 0.15) is 11.7 Å². The second-order valence-corrected chi connectivity index (χ2v) is 5.00. The second kappa shape index (κ2) is 4.94. The summed E-state index contributed by atoms with van der Waals surface area (Å²) in [4.78, 5) is 6.59. The number of methoxy groups -OCH3 is 1. The number of nitrogen functional groups attached to an aromatic ring is 1. The first-order valence-electron chi connectivity index (χ1n) is 6.15. The molecule has 1 unspecified atom stereocenters. The molecule has 1 fully saturated rings. The van der Waals surface area contributed by atoms with Gasteiger partial charge in [-0.2, -0.15) is 0 Å². The summed E-state index contributed by atoms with van der Waals surface area (Å²) < 4.78 is 5.57. The van der Waals surface area contributed by atoms with E-state index >= 15 is 0 Å². The van der Waals surface area contributed by atoms with Gasteiger partial charge in [-0.25, -0.2) is 4.98 Å². The van der Waals surface area contributed by atoms with Gasteiger partial charge in [0.2, 0.25) is 0 Å². The number of rotatable bonds is 3. The molecule has 5 nitrogen and oxygen atoms in total. The summed E-state index contributed by atoms with van der Waals surface area (Å²) in [5, 5.41) is 7.35. The molecule has 1 aromatic rings. The van der Waals surface area contributed by atoms with Crippen LogP contribution in [0.4, 0.5) is 5.82 Å². The van der Waals surface area contributed by atoms with E-state index in [2.05, 4.69) is 16.8 Å². The molecule has 1 atom stereocenters. The fourth-order valence-electron chi connectivity index (χ4n) is 2.30. The predicted molar refractivity (Wildman–Crippen MR) is 72.1 cm³/mol. The molecule has 3 N–H and O–H groups in total. The van der Waals surface area contributed by atoms with E-state index in [4.69, 9.17) is 15.9 Å². The van der Waals surface area contributed by atoms with E-state index < -0.39 is 0 Å². The molecule has 5 heteroatoms. The molecule has 1 aliphatic heterocycles. The Kier molecular flexibility index (Phi) is 3.52. The van der Waals surface area contributed by atoms with Gasteiger partial charge in [-0.05, 0) is 31.9 Å². The summed E-state index contributed by atoms with van der Waals surface area (Å²) in [6.07, 6.45) is 3.82. The van der Waals surface area contributed by atoms with E-state index in [9.17, 15) is 0 Å². The Bertz CT molecular complexity index is 431. The summed E-state index contributed by atoms with van der Waals surface area (Å²) in [6.45, 7) is 3.96. The van der Waals surface area contributed by atoms with E-state index in [0.29, 0.717) is 5.56 Å². The fraction of sp³-hybridized carbons (Fsp3) is 0.538. The molecule has 1 aliphatic rings. The average molecular weight is 248 g/mol. The van der Waals surface area contributed by atoms with Crippen molar-refractivity contribution in [2.45, 2.75) is 25.4 Å². The molecule has 18 heavy (non-hydrogen) atoms. The van der Waals surface area contributed by atoms with E-state index in [-0.39, 0.29) is 11.4 Å². The third-order valence-corrected chi connectivity index (χ3v) is 3.53. The number of hydrogen-bond acceptors (Lipinski definition) is 4. The Morgan fingerprint density at radius 3 is 2.89 bits per heavy atom. The maximum absolute atomic E-state index is 7.35. The lowest BCUT2D eigenvalue weighted by molar-refractivity contribution is -0.00481. The average Bonchev–Trinajstić information content (AvgIpc) is 2.39. The molecule has 2 rings (SSSR count). The number of nitrogens with two attached hydrogens (primary N) is 1. The Morgan fingerprint density at radius 1 is 1.56 bits per heavy atom. The minimum Gasteiger partial charge on any atom is -0.384 e. The highest BCUT2D eigenvalue weighted by Crippen LogP contribution is 2.26. The van der Waals surface area contributed by atoms with Gasteiger partial charge in [-0.1, -0.05) is 0 Å². The molecular formula is C13H20N4O. The lowest BCUT2D eigenvalue weighted by Gasteiger charge is -2.40. The minimum atomic E-state index is -0.0980. The van der Waals surface area contributed by atoms with Crippen LogP contribution in [0, 0.1) is 5.41 Å². The van der Waals surface area contributed by atoms with Crippen LogP contribution < -0.4 is 10.6 Å². The third kappa shape index (κ3) is 2.61. The quantitative estimate of drug-likeness (QED) is 0.626. The van der Waals surface area contributed by atoms with Crippen molar-refractivity contribution < 1.29 is 4.74 Å². The SMILES string of the molecule is COC1(C)CCCN(c2ccc(C(=N)N)cn2)C1. The predicted octanol–water partition coefficient (Wildman–Crippen LogP) is 1.37. The first-order valence-corrected chi connectivity index (χ1v) is 6.15. The van der Waals surface area contributed by atoms with Gasteiger partial charge < -0.3 is 15.4 Å². The normalized spacial score (nSPS) is 24.0. The van der Waals surface area contributed by atoms with Crippen molar-refractivity contribution in [2.75, 3.05) is 25.1 Å². The van der Waals surface area contributed by atoms with Gasteiger partial charge in [-0.15, -0.1) is 0 Å². The molecule has 0 spiro atoms. The van der Waals surface area contributed by atoms with Crippen LogP contribution in [-0.4, -0.2) is 36.6 Å². The maximum atomic E-state index is 7.35. The van der Waals surface area contributed by atoms with Crippen molar-refractivity contribution >= 4 is 11.7 Å². The number of piperidine rings is 1. The molecule has 0 radical (unpaired) electrons. The van der Waals surface area contributed by atoms with Crippen LogP contribution in [0.1, 0.15) is 25.3 Å². The van der Waals surface area contributed by atoms with Gasteiger partial charge in [0.25, 0.3) is 0 Å². The highest BCUT2D eigenvalue weighted by Gasteiger charge is 2.31. The number of anilines is 1. The number of pyridine rings is 1. The fourth-order valence-corrected chi connectivity index (χ4v) is 2.30. The zero-order valence-electron chi connectivity index (χ0n) is 10.9. The van der Waals surface area contributed by atoms with Crippen LogP contribution in [0.15, 0.2) is 18.3 Å². The van der Waals surface area contributed by atoms with Crippen molar-refractivity contribution in [3.63, 3.8) is 0 Å². The highest BCUT2D eigenvalue weighted by molar-refractivity contribution is 5.94. The van der Waals surface area contributed by atoms with Crippen molar-refractivity contribution in [3.05, 3.63) is 23.9 Å². The Balaban J connectivity index is 2.14. The van der Waals surface area contributed by atoms with Gasteiger partial charge in [-0.3, -0.25) is 5.41 Å². The van der Waals surface area contributed by atoms with Gasteiger partial charge in [0.05, 0.1) is 5.60 Å². The Morgan fingerprint density at radius 2 is 2.33 bits per heavy atom. The molecule has 0 saturated carbocycles. The van der Waals surface area contributed by atoms with E-state index in [1.165, 1.54) is 0 Å². The van der Waals surface area contributed by atoms with Gasteiger partial charge >= 0.3 is 0 Å². The van der Waals surface area contributed by atoms with Crippen LogP contribution in [0.5, 0.6) is 0 Å². The van der Waals surface area contributed by atoms with E-state index in [1.807, 2.05) is 12.1 Å². The Labute approximate surface area is 107 Å². The molecular weight excluding hydrogens is 228 g/mol. The molecule has 1 saturated heterocycles. The largest absolute Gasteiger partial charge is 0.384 e. The van der Waals surface area contributed by atoms with Crippen LogP contribution in [0.2, 0.25) is 0 Å². The van der Waals surface area contributed by atoms with Crippen LogP contribution in [0.3, 0.4) is 0 Å². The number of ether oxygens (including phenoxy) is 1. The highest BCUT2D eigenvalue weighted by atomic mass is 16.5. The van der Waals surface area contributed by atoms with E-state index in [1.54, 1.807) is 13.3 Å². The van der Waals surface area contributed by atoms with Crippen molar-refractivity contribution in [1.82, 2.24) is 4.98 Å². The van der Waals surface area contributed by atoms with Crippen LogP contribution in [-0.2, 0) is 4.74 Å². The number of nitrogens with one attached hydrogen (secondary N) is 1. The third-order valence-electron chi connectivity index (χ3n) is 3.53. The summed E-state index contributed by atoms with van der Waals surface area (Å²) in [6, 6.07) is 3.75. The molecule has 1 aromatic heterocycles. The van der Waals surface area contributed by atoms with Crippen LogP contribution in [0.25, 0.3) is 0 Å². The lowest BCUT2D eigenvalue weighted by Crippen LogP contribution is -2.47. The van der Waals surface area contributed by atoms with Crippen molar-refractivity contribution in [1.29, 1.82) is 5.41 Å². The summed E-state index contributed by atoms with van der Waals surface area (Å²) >= 11 is 0. The monoisotopic (exact) mass is 248 g/mol. The lowest BCUT2D eigenvalue weighted by atomic mass is 9.95.